The summed E-state index contributed by atoms with van der Waals surface area (Å²) in [6.45, 7) is 0.979. The third kappa shape index (κ3) is 6.37. The number of benzene rings is 2. The standard InChI is InChI=1S/C22H24BrNO4/c23-19-6-8-20(9-7-19)27-16-22(26)28-15-21(25)24-12-10-18(11-13-24)14-17-4-2-1-3-5-17/h1-9,18H,10-16H2. The summed E-state index contributed by atoms with van der Waals surface area (Å²) >= 11 is 3.33. The van der Waals surface area contributed by atoms with Crippen LogP contribution in [-0.4, -0.2) is 43.1 Å². The number of likely N-dealkylation sites (tertiary alicyclic amines) is 1. The van der Waals surface area contributed by atoms with Gasteiger partial charge in [0.1, 0.15) is 5.75 Å². The number of rotatable bonds is 7. The SMILES string of the molecule is O=C(COc1ccc(Br)cc1)OCC(=O)N1CCC(Cc2ccccc2)CC1. The Bertz CT molecular complexity index is 771. The molecule has 5 nitrogen and oxygen atoms in total. The zero-order valence-corrected chi connectivity index (χ0v) is 17.3. The van der Waals surface area contributed by atoms with E-state index in [-0.39, 0.29) is 19.1 Å². The van der Waals surface area contributed by atoms with Gasteiger partial charge in [0.25, 0.3) is 5.91 Å². The molecule has 1 aliphatic rings. The van der Waals surface area contributed by atoms with Crippen molar-refractivity contribution in [2.75, 3.05) is 26.3 Å². The Morgan fingerprint density at radius 2 is 1.64 bits per heavy atom. The van der Waals surface area contributed by atoms with Crippen molar-refractivity contribution >= 4 is 27.8 Å². The molecule has 148 valence electrons. The molecule has 0 aromatic heterocycles. The second kappa shape index (κ2) is 10.3. The van der Waals surface area contributed by atoms with E-state index in [1.165, 1.54) is 5.56 Å². The van der Waals surface area contributed by atoms with Crippen LogP contribution in [0.2, 0.25) is 0 Å². The Kier molecular flexibility index (Phi) is 7.48. The third-order valence-corrected chi connectivity index (χ3v) is 5.39. The molecule has 0 spiro atoms. The number of nitrogens with zero attached hydrogens (tertiary/aromatic N) is 1. The first-order valence-electron chi connectivity index (χ1n) is 9.46. The van der Waals surface area contributed by atoms with Crippen LogP contribution in [0, 0.1) is 5.92 Å². The van der Waals surface area contributed by atoms with Crippen molar-refractivity contribution in [1.29, 1.82) is 0 Å². The molecule has 0 saturated carbocycles. The van der Waals surface area contributed by atoms with Gasteiger partial charge in [-0.25, -0.2) is 4.79 Å². The molecule has 3 rings (SSSR count). The molecule has 0 unspecified atom stereocenters. The highest BCUT2D eigenvalue weighted by molar-refractivity contribution is 9.10. The minimum Gasteiger partial charge on any atom is -0.482 e. The fraction of sp³-hybridized carbons (Fsp3) is 0.364. The number of hydrogen-bond acceptors (Lipinski definition) is 4. The monoisotopic (exact) mass is 445 g/mol. The number of amides is 1. The van der Waals surface area contributed by atoms with Crippen molar-refractivity contribution in [1.82, 2.24) is 4.90 Å². The van der Waals surface area contributed by atoms with Crippen LogP contribution in [0.4, 0.5) is 0 Å². The topological polar surface area (TPSA) is 55.8 Å². The first-order chi connectivity index (χ1) is 13.6. The van der Waals surface area contributed by atoms with E-state index in [9.17, 15) is 9.59 Å². The van der Waals surface area contributed by atoms with Crippen molar-refractivity contribution in [3.05, 3.63) is 64.6 Å². The summed E-state index contributed by atoms with van der Waals surface area (Å²) in [6, 6.07) is 17.6. The second-order valence-electron chi connectivity index (χ2n) is 6.92. The molecule has 0 atom stereocenters. The Labute approximate surface area is 173 Å². The van der Waals surface area contributed by atoms with E-state index in [1.807, 2.05) is 18.2 Å². The van der Waals surface area contributed by atoms with Crippen LogP contribution in [0.1, 0.15) is 18.4 Å². The molecule has 1 amide bonds. The minimum atomic E-state index is -0.546. The van der Waals surface area contributed by atoms with Gasteiger partial charge < -0.3 is 14.4 Å². The smallest absolute Gasteiger partial charge is 0.344 e. The van der Waals surface area contributed by atoms with Gasteiger partial charge in [0.05, 0.1) is 0 Å². The number of ether oxygens (including phenoxy) is 2. The van der Waals surface area contributed by atoms with Crippen molar-refractivity contribution in [2.45, 2.75) is 19.3 Å². The van der Waals surface area contributed by atoms with Crippen LogP contribution in [-0.2, 0) is 20.7 Å². The lowest BCUT2D eigenvalue weighted by Crippen LogP contribution is -2.41. The highest BCUT2D eigenvalue weighted by Crippen LogP contribution is 2.21. The Balaban J connectivity index is 1.34. The predicted molar refractivity (Wildman–Crippen MR) is 110 cm³/mol. The molecule has 1 heterocycles. The highest BCUT2D eigenvalue weighted by atomic mass is 79.9. The first kappa shape index (κ1) is 20.4. The van der Waals surface area contributed by atoms with E-state index >= 15 is 0 Å². The van der Waals surface area contributed by atoms with E-state index in [1.54, 1.807) is 17.0 Å². The van der Waals surface area contributed by atoms with E-state index < -0.39 is 5.97 Å². The maximum Gasteiger partial charge on any atom is 0.344 e. The van der Waals surface area contributed by atoms with Crippen LogP contribution in [0.15, 0.2) is 59.1 Å². The quantitative estimate of drug-likeness (QED) is 0.607. The van der Waals surface area contributed by atoms with Crippen molar-refractivity contribution in [3.8, 4) is 5.75 Å². The van der Waals surface area contributed by atoms with Crippen LogP contribution >= 0.6 is 15.9 Å². The molecule has 2 aromatic rings. The van der Waals surface area contributed by atoms with Gasteiger partial charge in [-0.05, 0) is 55.0 Å². The number of carbonyl (C=O) groups is 2. The fourth-order valence-corrected chi connectivity index (χ4v) is 3.55. The highest BCUT2D eigenvalue weighted by Gasteiger charge is 2.23. The molecule has 0 bridgehead atoms. The molecule has 0 N–H and O–H groups in total. The Morgan fingerprint density at radius 3 is 2.32 bits per heavy atom. The van der Waals surface area contributed by atoms with Gasteiger partial charge in [-0.3, -0.25) is 4.79 Å². The van der Waals surface area contributed by atoms with E-state index in [0.29, 0.717) is 24.8 Å². The molecule has 1 aliphatic heterocycles. The lowest BCUT2D eigenvalue weighted by Gasteiger charge is -2.32. The number of hydrogen-bond donors (Lipinski definition) is 0. The first-order valence-corrected chi connectivity index (χ1v) is 10.2. The van der Waals surface area contributed by atoms with Crippen molar-refractivity contribution in [3.63, 3.8) is 0 Å². The lowest BCUT2D eigenvalue weighted by molar-refractivity contribution is -0.154. The number of piperidine rings is 1. The molecule has 0 radical (unpaired) electrons. The van der Waals surface area contributed by atoms with Crippen molar-refractivity contribution in [2.24, 2.45) is 5.92 Å². The van der Waals surface area contributed by atoms with Crippen LogP contribution in [0.5, 0.6) is 5.75 Å². The van der Waals surface area contributed by atoms with E-state index in [0.717, 1.165) is 23.7 Å². The number of halogens is 1. The second-order valence-corrected chi connectivity index (χ2v) is 7.83. The molecule has 6 heteroatoms. The van der Waals surface area contributed by atoms with E-state index in [2.05, 4.69) is 40.2 Å². The maximum atomic E-state index is 12.3. The van der Waals surface area contributed by atoms with Gasteiger partial charge >= 0.3 is 5.97 Å². The minimum absolute atomic E-state index is 0.143. The molecule has 2 aromatic carbocycles. The van der Waals surface area contributed by atoms with Crippen LogP contribution in [0.3, 0.4) is 0 Å². The summed E-state index contributed by atoms with van der Waals surface area (Å²) < 4.78 is 11.3. The van der Waals surface area contributed by atoms with Crippen LogP contribution in [0.25, 0.3) is 0 Å². The largest absolute Gasteiger partial charge is 0.482 e. The maximum absolute atomic E-state index is 12.3. The normalized spacial score (nSPS) is 14.5. The number of carbonyl (C=O) groups excluding carboxylic acids is 2. The zero-order chi connectivity index (χ0) is 19.8. The molecule has 1 saturated heterocycles. The molecule has 1 fully saturated rings. The molecule has 28 heavy (non-hydrogen) atoms. The molecular weight excluding hydrogens is 422 g/mol. The van der Waals surface area contributed by atoms with Gasteiger partial charge in [0.15, 0.2) is 13.2 Å². The van der Waals surface area contributed by atoms with Crippen LogP contribution < -0.4 is 4.74 Å². The summed E-state index contributed by atoms with van der Waals surface area (Å²) in [7, 11) is 0. The summed E-state index contributed by atoms with van der Waals surface area (Å²) in [4.78, 5) is 25.9. The summed E-state index contributed by atoms with van der Waals surface area (Å²) in [5, 5.41) is 0. The lowest BCUT2D eigenvalue weighted by atomic mass is 9.90. The predicted octanol–water partition coefficient (Wildman–Crippen LogP) is 3.85. The van der Waals surface area contributed by atoms with Gasteiger partial charge in [0, 0.05) is 17.6 Å². The average molecular weight is 446 g/mol. The fourth-order valence-electron chi connectivity index (χ4n) is 3.28. The Morgan fingerprint density at radius 1 is 0.964 bits per heavy atom. The van der Waals surface area contributed by atoms with E-state index in [4.69, 9.17) is 9.47 Å². The summed E-state index contributed by atoms with van der Waals surface area (Å²) in [5.74, 6) is 0.477. The molecular formula is C22H24BrNO4. The average Bonchev–Trinajstić information content (AvgIpc) is 2.73. The zero-order valence-electron chi connectivity index (χ0n) is 15.7. The van der Waals surface area contributed by atoms with Crippen molar-refractivity contribution < 1.29 is 19.1 Å². The Hall–Kier alpha value is -2.34. The summed E-state index contributed by atoms with van der Waals surface area (Å²) in [6.07, 6.45) is 2.99. The summed E-state index contributed by atoms with van der Waals surface area (Å²) in [5.41, 5.74) is 1.34. The molecule has 0 aliphatic carbocycles. The third-order valence-electron chi connectivity index (χ3n) is 4.86. The van der Waals surface area contributed by atoms with Gasteiger partial charge in [-0.15, -0.1) is 0 Å². The number of esters is 1. The van der Waals surface area contributed by atoms with Gasteiger partial charge in [-0.1, -0.05) is 46.3 Å². The van der Waals surface area contributed by atoms with Gasteiger partial charge in [0.2, 0.25) is 0 Å². The van der Waals surface area contributed by atoms with Gasteiger partial charge in [-0.2, -0.15) is 0 Å².